The molecule has 0 aliphatic carbocycles. The normalized spacial score (nSPS) is 14.4. The molecule has 6 nitrogen and oxygen atoms in total. The molecule has 0 spiro atoms. The van der Waals surface area contributed by atoms with E-state index in [-0.39, 0.29) is 12.4 Å². The van der Waals surface area contributed by atoms with Gasteiger partial charge >= 0.3 is 0 Å². The van der Waals surface area contributed by atoms with Crippen LogP contribution in [0.5, 0.6) is 5.75 Å². The Balaban J connectivity index is 1.81. The number of rotatable bonds is 5. The van der Waals surface area contributed by atoms with Crippen LogP contribution in [0.4, 0.5) is 10.2 Å². The monoisotopic (exact) mass is 345 g/mol. The number of pyridine rings is 1. The second kappa shape index (κ2) is 7.48. The molecule has 1 fully saturated rings. The van der Waals surface area contributed by atoms with Crippen LogP contribution >= 0.6 is 0 Å². The molecule has 1 amide bonds. The molecule has 1 saturated heterocycles. The first-order valence-electron chi connectivity index (χ1n) is 8.05. The minimum Gasteiger partial charge on any atom is -0.487 e. The molecule has 0 atom stereocenters. The Morgan fingerprint density at radius 2 is 2.08 bits per heavy atom. The van der Waals surface area contributed by atoms with Crippen LogP contribution in [-0.2, 0) is 11.3 Å². The third kappa shape index (κ3) is 4.24. The summed E-state index contributed by atoms with van der Waals surface area (Å²) in [4.78, 5) is 18.2. The molecule has 7 heteroatoms. The molecule has 25 heavy (non-hydrogen) atoms. The third-order valence-electron chi connectivity index (χ3n) is 4.00. The van der Waals surface area contributed by atoms with Gasteiger partial charge in [-0.1, -0.05) is 0 Å². The summed E-state index contributed by atoms with van der Waals surface area (Å²) in [5.74, 6) is 0.416. The maximum Gasteiger partial charge on any atom is 0.248 e. The second-order valence-corrected chi connectivity index (χ2v) is 5.87. The van der Waals surface area contributed by atoms with Crippen molar-refractivity contribution in [1.82, 2.24) is 4.98 Å². The summed E-state index contributed by atoms with van der Waals surface area (Å²) in [7, 11) is 0. The first kappa shape index (κ1) is 17.2. The minimum absolute atomic E-state index is 0.158. The van der Waals surface area contributed by atoms with Crippen molar-refractivity contribution < 1.29 is 18.7 Å². The zero-order chi connectivity index (χ0) is 17.8. The van der Waals surface area contributed by atoms with Gasteiger partial charge < -0.3 is 20.1 Å². The van der Waals surface area contributed by atoms with E-state index in [1.54, 1.807) is 25.1 Å². The van der Waals surface area contributed by atoms with E-state index >= 15 is 0 Å². The number of benzene rings is 1. The minimum atomic E-state index is -0.517. The summed E-state index contributed by atoms with van der Waals surface area (Å²) in [6.07, 6.45) is 0. The first-order chi connectivity index (χ1) is 12.0. The van der Waals surface area contributed by atoms with Crippen molar-refractivity contribution in [3.8, 4) is 5.75 Å². The van der Waals surface area contributed by atoms with Crippen LogP contribution in [0.25, 0.3) is 0 Å². The standard InChI is InChI=1S/C18H20FN3O3/c1-12-8-14(19)2-3-16(12)25-11-15-9-13(18(20)23)10-17(21-15)22-4-6-24-7-5-22/h2-3,8-10H,4-7,11H2,1H3,(H2,20,23). The lowest BCUT2D eigenvalue weighted by Gasteiger charge is -2.28. The quantitative estimate of drug-likeness (QED) is 0.897. The van der Waals surface area contributed by atoms with E-state index in [0.717, 1.165) is 0 Å². The Morgan fingerprint density at radius 1 is 1.32 bits per heavy atom. The fraction of sp³-hybridized carbons (Fsp3) is 0.333. The lowest BCUT2D eigenvalue weighted by atomic mass is 10.2. The number of nitrogens with zero attached hydrogens (tertiary/aromatic N) is 2. The number of aryl methyl sites for hydroxylation is 1. The number of carbonyl (C=O) groups excluding carboxylic acids is 1. The smallest absolute Gasteiger partial charge is 0.248 e. The van der Waals surface area contributed by atoms with Crippen molar-refractivity contribution in [1.29, 1.82) is 0 Å². The molecule has 0 saturated carbocycles. The highest BCUT2D eigenvalue weighted by Gasteiger charge is 2.16. The Morgan fingerprint density at radius 3 is 2.76 bits per heavy atom. The maximum absolute atomic E-state index is 13.2. The van der Waals surface area contributed by atoms with Gasteiger partial charge in [0.2, 0.25) is 5.91 Å². The zero-order valence-electron chi connectivity index (χ0n) is 14.0. The first-order valence-corrected chi connectivity index (χ1v) is 8.05. The highest BCUT2D eigenvalue weighted by molar-refractivity contribution is 5.93. The van der Waals surface area contributed by atoms with Crippen LogP contribution in [0.2, 0.25) is 0 Å². The third-order valence-corrected chi connectivity index (χ3v) is 4.00. The largest absolute Gasteiger partial charge is 0.487 e. The van der Waals surface area contributed by atoms with Crippen molar-refractivity contribution in [3.05, 3.63) is 53.0 Å². The van der Waals surface area contributed by atoms with Crippen LogP contribution in [-0.4, -0.2) is 37.2 Å². The van der Waals surface area contributed by atoms with Gasteiger partial charge in [-0.05, 0) is 42.8 Å². The van der Waals surface area contributed by atoms with E-state index < -0.39 is 5.91 Å². The van der Waals surface area contributed by atoms with Gasteiger partial charge in [0.25, 0.3) is 0 Å². The average Bonchev–Trinajstić information content (AvgIpc) is 2.61. The van der Waals surface area contributed by atoms with E-state index in [0.29, 0.717) is 54.7 Å². The van der Waals surface area contributed by atoms with Crippen molar-refractivity contribution in [2.75, 3.05) is 31.2 Å². The number of hydrogen-bond donors (Lipinski definition) is 1. The molecule has 2 heterocycles. The van der Waals surface area contributed by atoms with Gasteiger partial charge in [-0.15, -0.1) is 0 Å². The highest BCUT2D eigenvalue weighted by atomic mass is 19.1. The van der Waals surface area contributed by atoms with Gasteiger partial charge in [-0.3, -0.25) is 4.79 Å². The van der Waals surface area contributed by atoms with E-state index in [2.05, 4.69) is 4.98 Å². The summed E-state index contributed by atoms with van der Waals surface area (Å²) in [6, 6.07) is 7.62. The molecule has 1 aliphatic heterocycles. The number of halogens is 1. The number of nitrogens with two attached hydrogens (primary N) is 1. The SMILES string of the molecule is Cc1cc(F)ccc1OCc1cc(C(N)=O)cc(N2CCOCC2)n1. The molecule has 2 aromatic rings. The Kier molecular flexibility index (Phi) is 5.14. The Labute approximate surface area is 145 Å². The highest BCUT2D eigenvalue weighted by Crippen LogP contribution is 2.21. The summed E-state index contributed by atoms with van der Waals surface area (Å²) < 4.78 is 24.2. The number of primary amides is 1. The van der Waals surface area contributed by atoms with Crippen molar-refractivity contribution in [2.24, 2.45) is 5.73 Å². The number of hydrogen-bond acceptors (Lipinski definition) is 5. The fourth-order valence-electron chi connectivity index (χ4n) is 2.67. The number of aromatic nitrogens is 1. The van der Waals surface area contributed by atoms with Crippen LogP contribution in [0, 0.1) is 12.7 Å². The van der Waals surface area contributed by atoms with Gasteiger partial charge in [0.05, 0.1) is 18.9 Å². The number of morpholine rings is 1. The number of amides is 1. The predicted octanol–water partition coefficient (Wildman–Crippen LogP) is 2.04. The molecular formula is C18H20FN3O3. The maximum atomic E-state index is 13.2. The van der Waals surface area contributed by atoms with Crippen LogP contribution in [0.1, 0.15) is 21.6 Å². The molecular weight excluding hydrogens is 325 g/mol. The lowest BCUT2D eigenvalue weighted by Crippen LogP contribution is -2.37. The summed E-state index contributed by atoms with van der Waals surface area (Å²) in [6.45, 7) is 4.56. The molecule has 2 N–H and O–H groups in total. The van der Waals surface area contributed by atoms with Crippen LogP contribution < -0.4 is 15.4 Å². The van der Waals surface area contributed by atoms with Crippen LogP contribution in [0.3, 0.4) is 0 Å². The van der Waals surface area contributed by atoms with Crippen molar-refractivity contribution in [2.45, 2.75) is 13.5 Å². The molecule has 1 aromatic heterocycles. The Hall–Kier alpha value is -2.67. The molecule has 0 bridgehead atoms. The summed E-state index contributed by atoms with van der Waals surface area (Å²) >= 11 is 0. The topological polar surface area (TPSA) is 77.7 Å². The van der Waals surface area contributed by atoms with Crippen molar-refractivity contribution >= 4 is 11.7 Å². The molecule has 0 radical (unpaired) electrons. The lowest BCUT2D eigenvalue weighted by molar-refractivity contribution is 0.1000. The molecule has 3 rings (SSSR count). The fourth-order valence-corrected chi connectivity index (χ4v) is 2.67. The van der Waals surface area contributed by atoms with E-state index in [4.69, 9.17) is 15.2 Å². The number of anilines is 1. The second-order valence-electron chi connectivity index (χ2n) is 5.87. The Bertz CT molecular complexity index is 776. The van der Waals surface area contributed by atoms with Gasteiger partial charge in [-0.2, -0.15) is 0 Å². The average molecular weight is 345 g/mol. The summed E-state index contributed by atoms with van der Waals surface area (Å²) in [5.41, 5.74) is 7.10. The van der Waals surface area contributed by atoms with Crippen LogP contribution in [0.15, 0.2) is 30.3 Å². The van der Waals surface area contributed by atoms with Gasteiger partial charge in [-0.25, -0.2) is 9.37 Å². The molecule has 0 unspecified atom stereocenters. The molecule has 1 aliphatic rings. The van der Waals surface area contributed by atoms with E-state index in [1.807, 2.05) is 4.90 Å². The van der Waals surface area contributed by atoms with Crippen molar-refractivity contribution in [3.63, 3.8) is 0 Å². The van der Waals surface area contributed by atoms with Gasteiger partial charge in [0.15, 0.2) is 0 Å². The molecule has 1 aromatic carbocycles. The van der Waals surface area contributed by atoms with E-state index in [9.17, 15) is 9.18 Å². The number of carbonyl (C=O) groups is 1. The summed E-state index contributed by atoms with van der Waals surface area (Å²) in [5, 5.41) is 0. The zero-order valence-corrected chi connectivity index (χ0v) is 14.0. The predicted molar refractivity (Wildman–Crippen MR) is 91.3 cm³/mol. The van der Waals surface area contributed by atoms with Gasteiger partial charge in [0.1, 0.15) is 24.0 Å². The van der Waals surface area contributed by atoms with E-state index in [1.165, 1.54) is 12.1 Å². The molecule has 132 valence electrons. The number of ether oxygens (including phenoxy) is 2. The van der Waals surface area contributed by atoms with Gasteiger partial charge in [0, 0.05) is 18.7 Å².